The van der Waals surface area contributed by atoms with Crippen molar-refractivity contribution >= 4 is 17.6 Å². The quantitative estimate of drug-likeness (QED) is 0.775. The van der Waals surface area contributed by atoms with Crippen LogP contribution in [0.2, 0.25) is 0 Å². The van der Waals surface area contributed by atoms with Gasteiger partial charge in [0.15, 0.2) is 0 Å². The molecule has 1 aromatic rings. The van der Waals surface area contributed by atoms with Crippen molar-refractivity contribution in [3.8, 4) is 0 Å². The van der Waals surface area contributed by atoms with Crippen molar-refractivity contribution in [1.82, 2.24) is 14.8 Å². The summed E-state index contributed by atoms with van der Waals surface area (Å²) in [5.41, 5.74) is 0.793. The number of nitrogens with zero attached hydrogens (tertiary/aromatic N) is 4. The lowest BCUT2D eigenvalue weighted by atomic mass is 9.72. The maximum Gasteiger partial charge on any atom is 0.255 e. The van der Waals surface area contributed by atoms with Gasteiger partial charge in [-0.25, -0.2) is 4.98 Å². The molecule has 1 aromatic heterocycles. The van der Waals surface area contributed by atoms with E-state index in [0.29, 0.717) is 12.0 Å². The number of likely N-dealkylation sites (tertiary alicyclic amines) is 2. The lowest BCUT2D eigenvalue weighted by Crippen LogP contribution is -2.53. The van der Waals surface area contributed by atoms with Gasteiger partial charge in [0.25, 0.3) is 5.91 Å². The van der Waals surface area contributed by atoms with Gasteiger partial charge in [-0.3, -0.25) is 9.59 Å². The van der Waals surface area contributed by atoms with Crippen molar-refractivity contribution in [3.63, 3.8) is 0 Å². The molecule has 0 unspecified atom stereocenters. The molecule has 3 aliphatic heterocycles. The minimum absolute atomic E-state index is 0.0563. The predicted octanol–water partition coefficient (Wildman–Crippen LogP) is 2.17. The molecule has 1 spiro atoms. The van der Waals surface area contributed by atoms with Crippen molar-refractivity contribution < 1.29 is 14.3 Å². The minimum Gasteiger partial charge on any atom is -0.376 e. The Morgan fingerprint density at radius 3 is 2.69 bits per heavy atom. The van der Waals surface area contributed by atoms with E-state index in [-0.39, 0.29) is 23.3 Å². The normalized spacial score (nSPS) is 24.2. The van der Waals surface area contributed by atoms with Crippen LogP contribution in [0.25, 0.3) is 0 Å². The Kier molecular flexibility index (Phi) is 5.76. The molecule has 3 aliphatic rings. The molecule has 0 aliphatic carbocycles. The fourth-order valence-electron chi connectivity index (χ4n) is 4.85. The fraction of sp³-hybridized carbons (Fsp3) is 0.682. The molecule has 0 bridgehead atoms. The zero-order valence-corrected chi connectivity index (χ0v) is 17.6. The second kappa shape index (κ2) is 8.30. The van der Waals surface area contributed by atoms with Gasteiger partial charge in [-0.15, -0.1) is 0 Å². The van der Waals surface area contributed by atoms with E-state index in [0.717, 1.165) is 70.7 Å². The average molecular weight is 401 g/mol. The molecular formula is C22H32N4O3. The number of anilines is 1. The molecule has 29 heavy (non-hydrogen) atoms. The molecule has 0 radical (unpaired) electrons. The third-order valence-electron chi connectivity index (χ3n) is 6.76. The van der Waals surface area contributed by atoms with Crippen LogP contribution in [0.15, 0.2) is 18.3 Å². The number of rotatable bonds is 4. The maximum absolute atomic E-state index is 12.9. The number of pyridine rings is 1. The van der Waals surface area contributed by atoms with Gasteiger partial charge in [0.2, 0.25) is 5.91 Å². The number of hydrogen-bond donors (Lipinski definition) is 0. The Balaban J connectivity index is 1.35. The van der Waals surface area contributed by atoms with Crippen LogP contribution in [-0.4, -0.2) is 79.6 Å². The van der Waals surface area contributed by atoms with Crippen LogP contribution in [0.3, 0.4) is 0 Å². The van der Waals surface area contributed by atoms with E-state index in [4.69, 9.17) is 4.74 Å². The van der Waals surface area contributed by atoms with E-state index < -0.39 is 0 Å². The molecule has 158 valence electrons. The maximum atomic E-state index is 12.9. The van der Waals surface area contributed by atoms with E-state index in [2.05, 4.69) is 4.98 Å². The fourth-order valence-corrected chi connectivity index (χ4v) is 4.85. The Labute approximate surface area is 173 Å². The van der Waals surface area contributed by atoms with Gasteiger partial charge in [-0.05, 0) is 49.7 Å². The molecule has 3 fully saturated rings. The molecule has 0 N–H and O–H groups in total. The molecule has 0 aromatic carbocycles. The van der Waals surface area contributed by atoms with Crippen molar-refractivity contribution in [3.05, 3.63) is 23.9 Å². The third kappa shape index (κ3) is 4.39. The van der Waals surface area contributed by atoms with Gasteiger partial charge in [-0.1, -0.05) is 0 Å². The Hall–Kier alpha value is -2.15. The summed E-state index contributed by atoms with van der Waals surface area (Å²) in [5.74, 6) is 1.16. The summed E-state index contributed by atoms with van der Waals surface area (Å²) in [6.07, 6.45) is 7.50. The second-order valence-electron chi connectivity index (χ2n) is 9.00. The average Bonchev–Trinajstić information content (AvgIpc) is 3.24. The molecule has 1 atom stereocenters. The first kappa shape index (κ1) is 20.1. The summed E-state index contributed by atoms with van der Waals surface area (Å²) < 4.78 is 5.74. The summed E-state index contributed by atoms with van der Waals surface area (Å²) in [6, 6.07) is 3.74. The Morgan fingerprint density at radius 1 is 1.28 bits per heavy atom. The number of ether oxygens (including phenoxy) is 1. The first-order valence-corrected chi connectivity index (χ1v) is 10.8. The highest BCUT2D eigenvalue weighted by atomic mass is 16.5. The van der Waals surface area contributed by atoms with Crippen molar-refractivity contribution in [2.75, 3.05) is 51.8 Å². The third-order valence-corrected chi connectivity index (χ3v) is 6.76. The smallest absolute Gasteiger partial charge is 0.255 e. The monoisotopic (exact) mass is 400 g/mol. The largest absolute Gasteiger partial charge is 0.376 e. The highest BCUT2D eigenvalue weighted by Crippen LogP contribution is 2.40. The lowest BCUT2D eigenvalue weighted by Gasteiger charge is -2.47. The number of piperidine rings is 2. The van der Waals surface area contributed by atoms with Gasteiger partial charge in [0.05, 0.1) is 11.7 Å². The first-order chi connectivity index (χ1) is 14.0. The SMILES string of the molecule is CN(C)c1ccc(C(=O)N2CCC3(CCC(=O)N(C[C@@H]4CCCO4)C3)CC2)cn1. The van der Waals surface area contributed by atoms with Gasteiger partial charge in [0.1, 0.15) is 5.82 Å². The molecule has 0 saturated carbocycles. The van der Waals surface area contributed by atoms with E-state index in [1.54, 1.807) is 6.20 Å². The predicted molar refractivity (Wildman–Crippen MR) is 111 cm³/mol. The summed E-state index contributed by atoms with van der Waals surface area (Å²) in [6.45, 7) is 3.85. The topological polar surface area (TPSA) is 66.0 Å². The van der Waals surface area contributed by atoms with E-state index in [1.165, 1.54) is 0 Å². The zero-order valence-electron chi connectivity index (χ0n) is 17.6. The molecule has 2 amide bonds. The van der Waals surface area contributed by atoms with Gasteiger partial charge in [0, 0.05) is 59.5 Å². The molecule has 7 heteroatoms. The number of aromatic nitrogens is 1. The van der Waals surface area contributed by atoms with Crippen LogP contribution in [0.4, 0.5) is 5.82 Å². The molecule has 3 saturated heterocycles. The van der Waals surface area contributed by atoms with Crippen LogP contribution in [0, 0.1) is 5.41 Å². The second-order valence-corrected chi connectivity index (χ2v) is 9.00. The van der Waals surface area contributed by atoms with E-state index >= 15 is 0 Å². The van der Waals surface area contributed by atoms with Crippen LogP contribution in [-0.2, 0) is 9.53 Å². The standard InChI is InChI=1S/C22H32N4O3/c1-24(2)19-6-5-17(14-23-19)21(28)25-11-9-22(10-12-25)8-7-20(27)26(16-22)15-18-4-3-13-29-18/h5-6,14,18H,3-4,7-13,15-16H2,1-2H3/t18-/m0/s1. The number of carbonyl (C=O) groups excluding carboxylic acids is 2. The van der Waals surface area contributed by atoms with Crippen LogP contribution >= 0.6 is 0 Å². The number of carbonyl (C=O) groups is 2. The number of amides is 2. The number of hydrogen-bond acceptors (Lipinski definition) is 5. The molecular weight excluding hydrogens is 368 g/mol. The molecule has 4 rings (SSSR count). The van der Waals surface area contributed by atoms with Crippen LogP contribution in [0.5, 0.6) is 0 Å². The highest BCUT2D eigenvalue weighted by molar-refractivity contribution is 5.94. The Bertz CT molecular complexity index is 735. The van der Waals surface area contributed by atoms with Crippen molar-refractivity contribution in [2.24, 2.45) is 5.41 Å². The summed E-state index contributed by atoms with van der Waals surface area (Å²) in [4.78, 5) is 35.6. The summed E-state index contributed by atoms with van der Waals surface area (Å²) in [7, 11) is 3.87. The Morgan fingerprint density at radius 2 is 2.07 bits per heavy atom. The highest BCUT2D eigenvalue weighted by Gasteiger charge is 2.42. The minimum atomic E-state index is 0.0563. The van der Waals surface area contributed by atoms with Crippen molar-refractivity contribution in [2.45, 2.75) is 44.6 Å². The zero-order chi connectivity index (χ0) is 20.4. The van der Waals surface area contributed by atoms with Crippen LogP contribution in [0.1, 0.15) is 48.9 Å². The van der Waals surface area contributed by atoms with Gasteiger partial charge >= 0.3 is 0 Å². The van der Waals surface area contributed by atoms with Crippen molar-refractivity contribution in [1.29, 1.82) is 0 Å². The summed E-state index contributed by atoms with van der Waals surface area (Å²) >= 11 is 0. The van der Waals surface area contributed by atoms with Gasteiger partial charge in [-0.2, -0.15) is 0 Å². The van der Waals surface area contributed by atoms with Crippen LogP contribution < -0.4 is 4.90 Å². The summed E-state index contributed by atoms with van der Waals surface area (Å²) in [5, 5.41) is 0. The van der Waals surface area contributed by atoms with E-state index in [1.807, 2.05) is 40.9 Å². The van der Waals surface area contributed by atoms with Gasteiger partial charge < -0.3 is 19.4 Å². The molecule has 4 heterocycles. The van der Waals surface area contributed by atoms with E-state index in [9.17, 15) is 9.59 Å². The molecule has 7 nitrogen and oxygen atoms in total. The first-order valence-electron chi connectivity index (χ1n) is 10.8. The lowest BCUT2D eigenvalue weighted by molar-refractivity contribution is -0.141.